The average molecular weight is 258 g/mol. The Morgan fingerprint density at radius 1 is 1.21 bits per heavy atom. The van der Waals surface area contributed by atoms with Crippen molar-refractivity contribution in [1.82, 2.24) is 10.3 Å². The third-order valence-corrected chi connectivity index (χ3v) is 3.56. The van der Waals surface area contributed by atoms with Gasteiger partial charge in [0.15, 0.2) is 0 Å². The lowest BCUT2D eigenvalue weighted by Crippen LogP contribution is -2.34. The fourth-order valence-corrected chi connectivity index (χ4v) is 2.59. The minimum Gasteiger partial charge on any atom is -0.379 e. The van der Waals surface area contributed by atoms with Crippen LogP contribution < -0.4 is 5.32 Å². The molecule has 2 unspecified atom stereocenters. The van der Waals surface area contributed by atoms with E-state index in [1.807, 2.05) is 19.3 Å². The zero-order valence-corrected chi connectivity index (χ0v) is 12.1. The molecule has 0 saturated carbocycles. The lowest BCUT2D eigenvalue weighted by Gasteiger charge is -2.29. The second-order valence-electron chi connectivity index (χ2n) is 5.17. The minimum absolute atomic E-state index is 0.145. The van der Waals surface area contributed by atoms with Crippen molar-refractivity contribution in [1.29, 1.82) is 0 Å². The maximum Gasteiger partial charge on any atom is 0.0788 e. The van der Waals surface area contributed by atoms with Crippen molar-refractivity contribution in [2.75, 3.05) is 14.2 Å². The van der Waals surface area contributed by atoms with Crippen LogP contribution in [0.15, 0.2) is 36.5 Å². The number of fused-ring (bicyclic) bond motifs is 1. The molecule has 1 N–H and O–H groups in total. The number of nitrogens with zero attached hydrogens (tertiary/aromatic N) is 1. The predicted octanol–water partition coefficient (Wildman–Crippen LogP) is 3.17. The van der Waals surface area contributed by atoms with Crippen LogP contribution in [-0.2, 0) is 4.74 Å². The standard InChI is InChI=1S/C16H22N2O/c1-11(2)16(19-4)15(17-3)13-8-7-12-6-5-9-18-14(12)10-13/h5-11,15-17H,1-4H3. The van der Waals surface area contributed by atoms with Crippen LogP contribution in [0.5, 0.6) is 0 Å². The number of likely N-dealkylation sites (N-methyl/N-ethyl adjacent to an activating group) is 1. The molecule has 0 aliphatic carbocycles. The van der Waals surface area contributed by atoms with Crippen LogP contribution in [-0.4, -0.2) is 25.2 Å². The molecule has 0 aliphatic heterocycles. The van der Waals surface area contributed by atoms with Crippen molar-refractivity contribution in [3.63, 3.8) is 0 Å². The Kier molecular flexibility index (Phi) is 4.51. The second kappa shape index (κ2) is 6.13. The molecule has 1 aromatic carbocycles. The topological polar surface area (TPSA) is 34.2 Å². The summed E-state index contributed by atoms with van der Waals surface area (Å²) in [5.41, 5.74) is 2.24. The number of rotatable bonds is 5. The number of pyridine rings is 1. The Labute approximate surface area is 115 Å². The summed E-state index contributed by atoms with van der Waals surface area (Å²) >= 11 is 0. The minimum atomic E-state index is 0.145. The van der Waals surface area contributed by atoms with Gasteiger partial charge in [0.05, 0.1) is 17.7 Å². The summed E-state index contributed by atoms with van der Waals surface area (Å²) in [6, 6.07) is 10.6. The highest BCUT2D eigenvalue weighted by molar-refractivity contribution is 5.79. The Bertz CT molecular complexity index is 539. The van der Waals surface area contributed by atoms with E-state index in [4.69, 9.17) is 4.74 Å². The molecule has 0 spiro atoms. The lowest BCUT2D eigenvalue weighted by molar-refractivity contribution is 0.0349. The summed E-state index contributed by atoms with van der Waals surface area (Å²) in [7, 11) is 3.75. The van der Waals surface area contributed by atoms with Gasteiger partial charge in [-0.1, -0.05) is 32.0 Å². The summed E-state index contributed by atoms with van der Waals surface area (Å²) < 4.78 is 5.65. The molecule has 102 valence electrons. The first kappa shape index (κ1) is 14.0. The van der Waals surface area contributed by atoms with Gasteiger partial charge >= 0.3 is 0 Å². The monoisotopic (exact) mass is 258 g/mol. The number of nitrogens with one attached hydrogen (secondary N) is 1. The fraction of sp³-hybridized carbons (Fsp3) is 0.438. The quantitative estimate of drug-likeness (QED) is 0.894. The highest BCUT2D eigenvalue weighted by Crippen LogP contribution is 2.26. The first-order valence-corrected chi connectivity index (χ1v) is 6.72. The molecule has 19 heavy (non-hydrogen) atoms. The van der Waals surface area contributed by atoms with Crippen LogP contribution in [0.4, 0.5) is 0 Å². The van der Waals surface area contributed by atoms with Crippen LogP contribution in [0.2, 0.25) is 0 Å². The molecule has 2 rings (SSSR count). The molecule has 0 aliphatic rings. The van der Waals surface area contributed by atoms with Crippen molar-refractivity contribution >= 4 is 10.9 Å². The largest absolute Gasteiger partial charge is 0.379 e. The van der Waals surface area contributed by atoms with Crippen molar-refractivity contribution in [3.8, 4) is 0 Å². The molecule has 0 fully saturated rings. The molecule has 2 atom stereocenters. The molecule has 1 heterocycles. The normalized spacial score (nSPS) is 14.8. The molecular formula is C16H22N2O. The van der Waals surface area contributed by atoms with Crippen LogP contribution in [0.3, 0.4) is 0 Å². The summed E-state index contributed by atoms with van der Waals surface area (Å²) in [4.78, 5) is 4.42. The second-order valence-corrected chi connectivity index (χ2v) is 5.17. The summed E-state index contributed by atoms with van der Waals surface area (Å²) in [5.74, 6) is 0.446. The molecule has 1 aromatic heterocycles. The van der Waals surface area contributed by atoms with Gasteiger partial charge in [0.1, 0.15) is 0 Å². The number of hydrogen-bond acceptors (Lipinski definition) is 3. The highest BCUT2D eigenvalue weighted by Gasteiger charge is 2.24. The number of benzene rings is 1. The van der Waals surface area contributed by atoms with E-state index in [-0.39, 0.29) is 12.1 Å². The number of aromatic nitrogens is 1. The van der Waals surface area contributed by atoms with E-state index in [2.05, 4.69) is 48.4 Å². The Balaban J connectivity index is 2.40. The van der Waals surface area contributed by atoms with Crippen LogP contribution in [0.25, 0.3) is 10.9 Å². The molecular weight excluding hydrogens is 236 g/mol. The van der Waals surface area contributed by atoms with Crippen molar-refractivity contribution in [2.24, 2.45) is 5.92 Å². The zero-order valence-electron chi connectivity index (χ0n) is 12.1. The summed E-state index contributed by atoms with van der Waals surface area (Å²) in [6.07, 6.45) is 1.97. The van der Waals surface area contributed by atoms with Gasteiger partial charge < -0.3 is 10.1 Å². The van der Waals surface area contributed by atoms with Crippen LogP contribution in [0.1, 0.15) is 25.5 Å². The molecule has 2 aromatic rings. The Morgan fingerprint density at radius 3 is 2.63 bits per heavy atom. The van der Waals surface area contributed by atoms with Gasteiger partial charge in [-0.3, -0.25) is 4.98 Å². The van der Waals surface area contributed by atoms with Crippen molar-refractivity contribution in [3.05, 3.63) is 42.1 Å². The van der Waals surface area contributed by atoms with E-state index >= 15 is 0 Å². The van der Waals surface area contributed by atoms with Gasteiger partial charge in [0.2, 0.25) is 0 Å². The van der Waals surface area contributed by atoms with E-state index in [1.165, 1.54) is 10.9 Å². The van der Waals surface area contributed by atoms with Gasteiger partial charge in [0, 0.05) is 18.7 Å². The predicted molar refractivity (Wildman–Crippen MR) is 79.2 cm³/mol. The van der Waals surface area contributed by atoms with Crippen LogP contribution in [0, 0.1) is 5.92 Å². The molecule has 3 nitrogen and oxygen atoms in total. The maximum absolute atomic E-state index is 5.65. The summed E-state index contributed by atoms with van der Waals surface area (Å²) in [5, 5.41) is 4.53. The van der Waals surface area contributed by atoms with Crippen LogP contribution >= 0.6 is 0 Å². The number of methoxy groups -OCH3 is 1. The van der Waals surface area contributed by atoms with E-state index < -0.39 is 0 Å². The zero-order chi connectivity index (χ0) is 13.8. The molecule has 3 heteroatoms. The van der Waals surface area contributed by atoms with Crippen molar-refractivity contribution in [2.45, 2.75) is 26.0 Å². The van der Waals surface area contributed by atoms with E-state index in [0.29, 0.717) is 5.92 Å². The van der Waals surface area contributed by atoms with E-state index in [9.17, 15) is 0 Å². The smallest absolute Gasteiger partial charge is 0.0788 e. The molecule has 0 radical (unpaired) electrons. The maximum atomic E-state index is 5.65. The molecule has 0 bridgehead atoms. The number of ether oxygens (including phenoxy) is 1. The first-order valence-electron chi connectivity index (χ1n) is 6.72. The Hall–Kier alpha value is -1.45. The molecule has 0 amide bonds. The first-order chi connectivity index (χ1) is 9.17. The Morgan fingerprint density at radius 2 is 2.00 bits per heavy atom. The fourth-order valence-electron chi connectivity index (χ4n) is 2.59. The average Bonchev–Trinajstić information content (AvgIpc) is 2.43. The lowest BCUT2D eigenvalue weighted by atomic mass is 9.93. The van der Waals surface area contributed by atoms with Gasteiger partial charge in [0.25, 0.3) is 0 Å². The third kappa shape index (κ3) is 2.94. The van der Waals surface area contributed by atoms with Gasteiger partial charge in [-0.2, -0.15) is 0 Å². The van der Waals surface area contributed by atoms with E-state index in [0.717, 1.165) is 5.52 Å². The highest BCUT2D eigenvalue weighted by atomic mass is 16.5. The third-order valence-electron chi connectivity index (χ3n) is 3.56. The van der Waals surface area contributed by atoms with Gasteiger partial charge in [-0.15, -0.1) is 0 Å². The van der Waals surface area contributed by atoms with E-state index in [1.54, 1.807) is 7.11 Å². The molecule has 0 saturated heterocycles. The van der Waals surface area contributed by atoms with Crippen molar-refractivity contribution < 1.29 is 4.74 Å². The SMILES string of the molecule is CNC(c1ccc2cccnc2c1)C(OC)C(C)C. The number of hydrogen-bond donors (Lipinski definition) is 1. The summed E-state index contributed by atoms with van der Waals surface area (Å²) in [6.45, 7) is 4.36. The van der Waals surface area contributed by atoms with Gasteiger partial charge in [-0.25, -0.2) is 0 Å². The van der Waals surface area contributed by atoms with Gasteiger partial charge in [-0.05, 0) is 30.7 Å².